The second-order valence-corrected chi connectivity index (χ2v) is 6.93. The molecule has 26 heavy (non-hydrogen) atoms. The highest BCUT2D eigenvalue weighted by Crippen LogP contribution is 2.34. The molecule has 1 saturated carbocycles. The van der Waals surface area contributed by atoms with Crippen molar-refractivity contribution in [3.8, 4) is 17.1 Å². The van der Waals surface area contributed by atoms with E-state index in [9.17, 15) is 0 Å². The second kappa shape index (κ2) is 6.65. The predicted octanol–water partition coefficient (Wildman–Crippen LogP) is 1.31. The maximum absolute atomic E-state index is 6.32. The summed E-state index contributed by atoms with van der Waals surface area (Å²) in [6.45, 7) is 1.96. The molecule has 4 rings (SSSR count). The van der Waals surface area contributed by atoms with E-state index in [4.69, 9.17) is 20.6 Å². The van der Waals surface area contributed by atoms with Gasteiger partial charge in [0, 0.05) is 31.8 Å². The third-order valence-electron chi connectivity index (χ3n) is 5.14. The number of ether oxygens (including phenoxy) is 1. The van der Waals surface area contributed by atoms with E-state index in [-0.39, 0.29) is 18.1 Å². The van der Waals surface area contributed by atoms with Gasteiger partial charge in [-0.2, -0.15) is 10.2 Å². The third-order valence-corrected chi connectivity index (χ3v) is 5.14. The number of rotatable bonds is 4. The lowest BCUT2D eigenvalue weighted by atomic mass is 9.83. The molecule has 3 aromatic rings. The molecule has 9 heteroatoms. The summed E-state index contributed by atoms with van der Waals surface area (Å²) in [5, 5.41) is 16.1. The van der Waals surface area contributed by atoms with Crippen molar-refractivity contribution in [1.29, 1.82) is 0 Å². The highest BCUT2D eigenvalue weighted by Gasteiger charge is 2.32. The first-order valence-corrected chi connectivity index (χ1v) is 8.81. The Kier molecular flexibility index (Phi) is 4.33. The zero-order valence-corrected chi connectivity index (χ0v) is 15.3. The van der Waals surface area contributed by atoms with Crippen LogP contribution in [0.5, 0.6) is 0 Å². The largest absolute Gasteiger partial charge is 0.380 e. The predicted molar refractivity (Wildman–Crippen MR) is 95.8 cm³/mol. The topological polar surface area (TPSA) is 112 Å². The summed E-state index contributed by atoms with van der Waals surface area (Å²) in [6.07, 6.45) is 8.31. The van der Waals surface area contributed by atoms with Crippen molar-refractivity contribution in [2.75, 3.05) is 7.11 Å². The van der Waals surface area contributed by atoms with Gasteiger partial charge in [-0.1, -0.05) is 0 Å². The Hall–Kier alpha value is -2.52. The van der Waals surface area contributed by atoms with Gasteiger partial charge in [0.2, 0.25) is 0 Å². The van der Waals surface area contributed by atoms with Crippen LogP contribution in [0.3, 0.4) is 0 Å². The lowest BCUT2D eigenvalue weighted by Gasteiger charge is -2.32. The maximum atomic E-state index is 6.32. The van der Waals surface area contributed by atoms with E-state index in [1.165, 1.54) is 0 Å². The number of H-pyrrole nitrogens is 1. The first-order valence-electron chi connectivity index (χ1n) is 8.81. The quantitative estimate of drug-likeness (QED) is 0.729. The summed E-state index contributed by atoms with van der Waals surface area (Å²) in [5.74, 6) is 1.81. The summed E-state index contributed by atoms with van der Waals surface area (Å²) in [6, 6.07) is -0.00286. The van der Waals surface area contributed by atoms with Gasteiger partial charge in [-0.3, -0.25) is 9.78 Å². The molecule has 0 spiro atoms. The van der Waals surface area contributed by atoms with E-state index in [1.807, 2.05) is 24.9 Å². The minimum absolute atomic E-state index is 0.00286. The molecule has 0 aromatic carbocycles. The molecule has 3 N–H and O–H groups in total. The van der Waals surface area contributed by atoms with E-state index in [1.54, 1.807) is 24.2 Å². The van der Waals surface area contributed by atoms with Crippen LogP contribution >= 0.6 is 0 Å². The number of nitrogens with two attached hydrogens (primary N) is 1. The van der Waals surface area contributed by atoms with Crippen LogP contribution < -0.4 is 5.73 Å². The number of hydrogen-bond donors (Lipinski definition) is 2. The lowest BCUT2D eigenvalue weighted by molar-refractivity contribution is 0.0482. The number of hydrogen-bond acceptors (Lipinski definition) is 6. The molecule has 3 atom stereocenters. The molecule has 0 amide bonds. The molecule has 9 nitrogen and oxygen atoms in total. The van der Waals surface area contributed by atoms with Crippen LogP contribution in [0.25, 0.3) is 17.1 Å². The van der Waals surface area contributed by atoms with Gasteiger partial charge in [0.05, 0.1) is 30.3 Å². The fourth-order valence-electron chi connectivity index (χ4n) is 3.69. The first kappa shape index (κ1) is 16.9. The number of aromatic nitrogens is 7. The number of aryl methyl sites for hydroxylation is 2. The average molecular weight is 356 g/mol. The number of nitrogens with one attached hydrogen (secondary N) is 1. The molecule has 1 fully saturated rings. The molecular weight excluding hydrogens is 332 g/mol. The standard InChI is InChI=1S/C17H24N8O/c1-10-13(8-19-22-10)16-21-17(11-4-5-15(26-3)14(18)6-11)25(23-16)12-7-20-24(2)9-12/h7-9,11,14-15H,4-6,18H2,1-3H3,(H,19,22)/t11-,14+,15+/m0/s1. The molecule has 1 aliphatic carbocycles. The minimum atomic E-state index is -0.00286. The van der Waals surface area contributed by atoms with Crippen LogP contribution in [-0.4, -0.2) is 54.0 Å². The van der Waals surface area contributed by atoms with Crippen molar-refractivity contribution in [3.05, 3.63) is 30.1 Å². The Balaban J connectivity index is 1.75. The van der Waals surface area contributed by atoms with Crippen LogP contribution in [0.4, 0.5) is 0 Å². The van der Waals surface area contributed by atoms with E-state index in [0.29, 0.717) is 5.82 Å². The molecule has 1 aliphatic rings. The van der Waals surface area contributed by atoms with Crippen molar-refractivity contribution in [3.63, 3.8) is 0 Å². The van der Waals surface area contributed by atoms with Gasteiger partial charge in [0.1, 0.15) is 11.5 Å². The van der Waals surface area contributed by atoms with Gasteiger partial charge in [-0.15, -0.1) is 5.10 Å². The van der Waals surface area contributed by atoms with Crippen molar-refractivity contribution in [1.82, 2.24) is 34.7 Å². The Bertz CT molecular complexity index is 894. The van der Waals surface area contributed by atoms with Gasteiger partial charge >= 0.3 is 0 Å². The van der Waals surface area contributed by atoms with Gasteiger partial charge in [0.25, 0.3) is 0 Å². The molecule has 0 bridgehead atoms. The Morgan fingerprint density at radius 3 is 2.77 bits per heavy atom. The molecule has 138 valence electrons. The Morgan fingerprint density at radius 2 is 2.15 bits per heavy atom. The van der Waals surface area contributed by atoms with E-state index < -0.39 is 0 Å². The van der Waals surface area contributed by atoms with Crippen molar-refractivity contribution in [2.24, 2.45) is 12.8 Å². The highest BCUT2D eigenvalue weighted by molar-refractivity contribution is 5.56. The zero-order valence-electron chi connectivity index (χ0n) is 15.3. The fraction of sp³-hybridized carbons (Fsp3) is 0.529. The smallest absolute Gasteiger partial charge is 0.185 e. The molecule has 0 unspecified atom stereocenters. The normalized spacial score (nSPS) is 23.5. The molecular formula is C17H24N8O. The summed E-state index contributed by atoms with van der Waals surface area (Å²) >= 11 is 0. The zero-order chi connectivity index (χ0) is 18.3. The van der Waals surface area contributed by atoms with Crippen LogP contribution in [-0.2, 0) is 11.8 Å². The minimum Gasteiger partial charge on any atom is -0.380 e. The van der Waals surface area contributed by atoms with Crippen LogP contribution in [0, 0.1) is 6.92 Å². The van der Waals surface area contributed by atoms with Gasteiger partial charge < -0.3 is 10.5 Å². The number of nitrogens with zero attached hydrogens (tertiary/aromatic N) is 6. The van der Waals surface area contributed by atoms with E-state index in [2.05, 4.69) is 15.3 Å². The summed E-state index contributed by atoms with van der Waals surface area (Å²) in [4.78, 5) is 4.87. The van der Waals surface area contributed by atoms with Gasteiger partial charge in [0.15, 0.2) is 5.82 Å². The van der Waals surface area contributed by atoms with Crippen LogP contribution in [0.1, 0.15) is 36.7 Å². The van der Waals surface area contributed by atoms with Crippen LogP contribution in [0.2, 0.25) is 0 Å². The number of aromatic amines is 1. The van der Waals surface area contributed by atoms with Gasteiger partial charge in [-0.05, 0) is 26.2 Å². The summed E-state index contributed by atoms with van der Waals surface area (Å²) in [5.41, 5.74) is 9.07. The van der Waals surface area contributed by atoms with Crippen LogP contribution in [0.15, 0.2) is 18.6 Å². The van der Waals surface area contributed by atoms with E-state index >= 15 is 0 Å². The van der Waals surface area contributed by atoms with E-state index in [0.717, 1.165) is 42.0 Å². The lowest BCUT2D eigenvalue weighted by Crippen LogP contribution is -2.41. The number of methoxy groups -OCH3 is 1. The first-order chi connectivity index (χ1) is 12.6. The van der Waals surface area contributed by atoms with Gasteiger partial charge in [-0.25, -0.2) is 9.67 Å². The molecule has 0 radical (unpaired) electrons. The fourth-order valence-corrected chi connectivity index (χ4v) is 3.69. The highest BCUT2D eigenvalue weighted by atomic mass is 16.5. The monoisotopic (exact) mass is 356 g/mol. The Morgan fingerprint density at radius 1 is 1.31 bits per heavy atom. The molecule has 0 aliphatic heterocycles. The van der Waals surface area contributed by atoms with Crippen molar-refractivity contribution in [2.45, 2.75) is 44.2 Å². The summed E-state index contributed by atoms with van der Waals surface area (Å²) < 4.78 is 9.14. The molecule has 3 aromatic heterocycles. The molecule has 0 saturated heterocycles. The van der Waals surface area contributed by atoms with Crippen molar-refractivity contribution < 1.29 is 4.74 Å². The molecule has 3 heterocycles. The Labute approximate surface area is 151 Å². The third kappa shape index (κ3) is 2.93. The maximum Gasteiger partial charge on any atom is 0.185 e. The average Bonchev–Trinajstić information content (AvgIpc) is 3.33. The summed E-state index contributed by atoms with van der Waals surface area (Å²) in [7, 11) is 3.61. The SMILES string of the molecule is CO[C@@H]1CC[C@H](c2nc(-c3cn[nH]c3C)nn2-c2cnn(C)c2)C[C@H]1N. The van der Waals surface area contributed by atoms with Crippen molar-refractivity contribution >= 4 is 0 Å². The second-order valence-electron chi connectivity index (χ2n) is 6.93.